The standard InChI is InChI=1S/C19H20O4S/c1-2-19(20)23-17-9-5-6-10-18(17)24(21,22)16-12-11-14-7-3-4-8-15(14)13-16/h2-4,7-8,11-13,17-18H,1,5-6,9-10H2/t17-,18-/m0/s1. The molecular weight excluding hydrogens is 324 g/mol. The first-order valence-corrected chi connectivity index (χ1v) is 9.63. The maximum atomic E-state index is 13.1. The van der Waals surface area contributed by atoms with Crippen molar-refractivity contribution in [2.45, 2.75) is 41.9 Å². The number of hydrogen-bond donors (Lipinski definition) is 0. The van der Waals surface area contributed by atoms with Gasteiger partial charge in [0.1, 0.15) is 11.4 Å². The molecule has 0 spiro atoms. The van der Waals surface area contributed by atoms with Crippen molar-refractivity contribution in [3.05, 3.63) is 55.1 Å². The third-order valence-electron chi connectivity index (χ3n) is 4.52. The summed E-state index contributed by atoms with van der Waals surface area (Å²) >= 11 is 0. The lowest BCUT2D eigenvalue weighted by molar-refractivity contribution is -0.144. The number of rotatable bonds is 4. The van der Waals surface area contributed by atoms with Crippen LogP contribution in [0.25, 0.3) is 10.8 Å². The number of sulfone groups is 1. The maximum Gasteiger partial charge on any atom is 0.330 e. The van der Waals surface area contributed by atoms with Crippen molar-refractivity contribution in [2.24, 2.45) is 0 Å². The summed E-state index contributed by atoms with van der Waals surface area (Å²) in [5, 5.41) is 1.18. The Morgan fingerprint density at radius 2 is 1.79 bits per heavy atom. The summed E-state index contributed by atoms with van der Waals surface area (Å²) in [4.78, 5) is 11.8. The summed E-state index contributed by atoms with van der Waals surface area (Å²) in [6, 6.07) is 12.8. The van der Waals surface area contributed by atoms with Crippen LogP contribution in [-0.2, 0) is 19.4 Å². The first kappa shape index (κ1) is 16.7. The van der Waals surface area contributed by atoms with Crippen LogP contribution in [0.2, 0.25) is 0 Å². The van der Waals surface area contributed by atoms with Crippen LogP contribution in [0.3, 0.4) is 0 Å². The van der Waals surface area contributed by atoms with Crippen molar-refractivity contribution in [1.29, 1.82) is 0 Å². The van der Waals surface area contributed by atoms with Crippen LogP contribution in [0.5, 0.6) is 0 Å². The highest BCUT2D eigenvalue weighted by Gasteiger charge is 2.38. The summed E-state index contributed by atoms with van der Waals surface area (Å²) in [7, 11) is -3.57. The summed E-state index contributed by atoms with van der Waals surface area (Å²) in [6.07, 6.45) is 3.22. The molecule has 5 heteroatoms. The molecule has 1 fully saturated rings. The first-order chi connectivity index (χ1) is 11.5. The van der Waals surface area contributed by atoms with Crippen LogP contribution in [0.15, 0.2) is 60.0 Å². The van der Waals surface area contributed by atoms with E-state index >= 15 is 0 Å². The minimum atomic E-state index is -3.57. The molecular formula is C19H20O4S. The Labute approximate surface area is 142 Å². The number of benzene rings is 2. The van der Waals surface area contributed by atoms with Gasteiger partial charge in [0.2, 0.25) is 0 Å². The van der Waals surface area contributed by atoms with E-state index in [4.69, 9.17) is 4.74 Å². The number of ether oxygens (including phenoxy) is 1. The molecule has 0 radical (unpaired) electrons. The number of hydrogen-bond acceptors (Lipinski definition) is 4. The molecule has 0 aliphatic heterocycles. The highest BCUT2D eigenvalue weighted by molar-refractivity contribution is 7.92. The van der Waals surface area contributed by atoms with Crippen LogP contribution in [-0.4, -0.2) is 25.7 Å². The zero-order chi connectivity index (χ0) is 17.2. The van der Waals surface area contributed by atoms with E-state index in [0.29, 0.717) is 12.8 Å². The monoisotopic (exact) mass is 344 g/mol. The van der Waals surface area contributed by atoms with Gasteiger partial charge in [-0.3, -0.25) is 0 Å². The Bertz CT molecular complexity index is 870. The van der Waals surface area contributed by atoms with E-state index in [2.05, 4.69) is 6.58 Å². The number of carbonyl (C=O) groups excluding carboxylic acids is 1. The molecule has 0 aromatic heterocycles. The second-order valence-corrected chi connectivity index (χ2v) is 8.22. The van der Waals surface area contributed by atoms with E-state index in [1.807, 2.05) is 30.3 Å². The van der Waals surface area contributed by atoms with Gasteiger partial charge in [0, 0.05) is 6.08 Å². The van der Waals surface area contributed by atoms with Crippen molar-refractivity contribution in [3.8, 4) is 0 Å². The molecule has 0 unspecified atom stereocenters. The Hall–Kier alpha value is -2.14. The Kier molecular flexibility index (Phi) is 4.71. The van der Waals surface area contributed by atoms with E-state index in [9.17, 15) is 13.2 Å². The topological polar surface area (TPSA) is 60.4 Å². The second kappa shape index (κ2) is 6.77. The molecule has 2 atom stereocenters. The fourth-order valence-electron chi connectivity index (χ4n) is 3.27. The predicted molar refractivity (Wildman–Crippen MR) is 93.5 cm³/mol. The summed E-state index contributed by atoms with van der Waals surface area (Å²) in [5.41, 5.74) is 0. The molecule has 4 nitrogen and oxygen atoms in total. The van der Waals surface area contributed by atoms with E-state index in [-0.39, 0.29) is 4.90 Å². The highest BCUT2D eigenvalue weighted by Crippen LogP contribution is 2.32. The van der Waals surface area contributed by atoms with E-state index in [0.717, 1.165) is 29.7 Å². The third kappa shape index (κ3) is 3.22. The van der Waals surface area contributed by atoms with Crippen LogP contribution in [0, 0.1) is 0 Å². The molecule has 2 aromatic carbocycles. The van der Waals surface area contributed by atoms with E-state index < -0.39 is 27.2 Å². The number of carbonyl (C=O) groups is 1. The van der Waals surface area contributed by atoms with Gasteiger partial charge < -0.3 is 4.74 Å². The van der Waals surface area contributed by atoms with Crippen LogP contribution >= 0.6 is 0 Å². The average Bonchev–Trinajstić information content (AvgIpc) is 2.61. The Balaban J connectivity index is 1.96. The van der Waals surface area contributed by atoms with Crippen LogP contribution in [0.1, 0.15) is 25.7 Å². The maximum absolute atomic E-state index is 13.1. The average molecular weight is 344 g/mol. The minimum Gasteiger partial charge on any atom is -0.458 e. The molecule has 126 valence electrons. The molecule has 1 saturated carbocycles. The van der Waals surface area contributed by atoms with Crippen LogP contribution < -0.4 is 0 Å². The lowest BCUT2D eigenvalue weighted by Gasteiger charge is -2.30. The zero-order valence-corrected chi connectivity index (χ0v) is 14.2. The summed E-state index contributed by atoms with van der Waals surface area (Å²) in [6.45, 7) is 3.38. The molecule has 0 amide bonds. The van der Waals surface area contributed by atoms with Gasteiger partial charge in [0.15, 0.2) is 9.84 Å². The Morgan fingerprint density at radius 1 is 1.08 bits per heavy atom. The fourth-order valence-corrected chi connectivity index (χ4v) is 5.24. The van der Waals surface area contributed by atoms with Gasteiger partial charge in [-0.25, -0.2) is 13.2 Å². The summed E-state index contributed by atoms with van der Waals surface area (Å²) < 4.78 is 31.5. The lowest BCUT2D eigenvalue weighted by Crippen LogP contribution is -2.39. The molecule has 3 rings (SSSR count). The van der Waals surface area contributed by atoms with Gasteiger partial charge in [-0.2, -0.15) is 0 Å². The van der Waals surface area contributed by atoms with Crippen molar-refractivity contribution in [1.82, 2.24) is 0 Å². The van der Waals surface area contributed by atoms with E-state index in [1.165, 1.54) is 0 Å². The molecule has 0 saturated heterocycles. The quantitative estimate of drug-likeness (QED) is 0.627. The second-order valence-electron chi connectivity index (χ2n) is 6.06. The van der Waals surface area contributed by atoms with Gasteiger partial charge in [0.25, 0.3) is 0 Å². The Morgan fingerprint density at radius 3 is 2.54 bits per heavy atom. The minimum absolute atomic E-state index is 0.285. The molecule has 24 heavy (non-hydrogen) atoms. The zero-order valence-electron chi connectivity index (χ0n) is 13.4. The van der Waals surface area contributed by atoms with Gasteiger partial charge in [-0.1, -0.05) is 43.3 Å². The van der Waals surface area contributed by atoms with Gasteiger partial charge in [-0.15, -0.1) is 0 Å². The van der Waals surface area contributed by atoms with Crippen LogP contribution in [0.4, 0.5) is 0 Å². The van der Waals surface area contributed by atoms with E-state index in [1.54, 1.807) is 12.1 Å². The van der Waals surface area contributed by atoms with Crippen molar-refractivity contribution in [2.75, 3.05) is 0 Å². The molecule has 2 aromatic rings. The molecule has 1 aliphatic carbocycles. The van der Waals surface area contributed by atoms with Crippen molar-refractivity contribution >= 4 is 26.6 Å². The largest absolute Gasteiger partial charge is 0.458 e. The smallest absolute Gasteiger partial charge is 0.330 e. The fraction of sp³-hybridized carbons (Fsp3) is 0.316. The van der Waals surface area contributed by atoms with Gasteiger partial charge >= 0.3 is 5.97 Å². The molecule has 0 bridgehead atoms. The number of fused-ring (bicyclic) bond motifs is 1. The molecule has 0 heterocycles. The van der Waals surface area contributed by atoms with Gasteiger partial charge in [0.05, 0.1) is 4.90 Å². The molecule has 1 aliphatic rings. The SMILES string of the molecule is C=CC(=O)O[C@H]1CCCC[C@@H]1S(=O)(=O)c1ccc2ccccc2c1. The molecule has 0 N–H and O–H groups in total. The predicted octanol–water partition coefficient (Wildman–Crippen LogP) is 3.65. The van der Waals surface area contributed by atoms with Gasteiger partial charge in [-0.05, 0) is 42.2 Å². The normalized spacial score (nSPS) is 21.3. The highest BCUT2D eigenvalue weighted by atomic mass is 32.2. The summed E-state index contributed by atoms with van der Waals surface area (Å²) in [5.74, 6) is -0.569. The third-order valence-corrected chi connectivity index (χ3v) is 6.77. The first-order valence-electron chi connectivity index (χ1n) is 8.08. The lowest BCUT2D eigenvalue weighted by atomic mass is 9.97. The number of esters is 1. The van der Waals surface area contributed by atoms with Crippen molar-refractivity contribution in [3.63, 3.8) is 0 Å². The van der Waals surface area contributed by atoms with Crippen molar-refractivity contribution < 1.29 is 17.9 Å².